The first kappa shape index (κ1) is 22.6. The fraction of sp³-hybridized carbons (Fsp3) is 0.308. The van der Waals surface area contributed by atoms with Crippen molar-refractivity contribution in [2.45, 2.75) is 38.3 Å². The van der Waals surface area contributed by atoms with Gasteiger partial charge in [-0.2, -0.15) is 0 Å². The van der Waals surface area contributed by atoms with Crippen LogP contribution in [0.15, 0.2) is 71.1 Å². The van der Waals surface area contributed by atoms with Crippen LogP contribution in [0.1, 0.15) is 41.1 Å². The highest BCUT2D eigenvalue weighted by molar-refractivity contribution is 5.91. The molecule has 1 aliphatic heterocycles. The second-order valence-electron chi connectivity index (χ2n) is 8.13. The van der Waals surface area contributed by atoms with Gasteiger partial charge in [-0.15, -0.1) is 0 Å². The molecule has 2 amide bonds. The third-order valence-corrected chi connectivity index (χ3v) is 5.70. The zero-order chi connectivity index (χ0) is 23.0. The number of amides is 2. The molecule has 0 saturated carbocycles. The maximum atomic E-state index is 13.0. The zero-order valence-electron chi connectivity index (χ0n) is 18.3. The van der Waals surface area contributed by atoms with Gasteiger partial charge in [0.15, 0.2) is 5.76 Å². The van der Waals surface area contributed by atoms with Gasteiger partial charge < -0.3 is 19.4 Å². The number of furan rings is 1. The predicted octanol–water partition coefficient (Wildman–Crippen LogP) is 4.35. The molecule has 4 rings (SSSR count). The first-order valence-corrected chi connectivity index (χ1v) is 11.2. The van der Waals surface area contributed by atoms with Crippen molar-refractivity contribution in [3.05, 3.63) is 89.6 Å². The molecule has 1 fully saturated rings. The number of piperidine rings is 1. The van der Waals surface area contributed by atoms with Crippen LogP contribution in [-0.4, -0.2) is 35.8 Å². The molecule has 3 aromatic rings. The molecule has 2 heterocycles. The van der Waals surface area contributed by atoms with Crippen molar-refractivity contribution in [3.8, 4) is 5.75 Å². The number of nitrogens with zero attached hydrogens (tertiary/aromatic N) is 1. The lowest BCUT2D eigenvalue weighted by atomic mass is 10.0. The van der Waals surface area contributed by atoms with Gasteiger partial charge in [-0.3, -0.25) is 9.59 Å². The SMILES string of the molecule is O=C(CCc1ccccc1)NC1CCN(C(=O)c2ccc(COc3ccc(F)cc3)o2)CC1. The number of rotatable bonds is 8. The maximum Gasteiger partial charge on any atom is 0.289 e. The van der Waals surface area contributed by atoms with E-state index in [1.165, 1.54) is 24.3 Å². The largest absolute Gasteiger partial charge is 0.486 e. The molecule has 1 N–H and O–H groups in total. The van der Waals surface area contributed by atoms with Gasteiger partial charge in [0.1, 0.15) is 23.9 Å². The molecule has 0 spiro atoms. The molecular weight excluding hydrogens is 423 g/mol. The molecule has 0 bridgehead atoms. The molecule has 1 saturated heterocycles. The Morgan fingerprint density at radius 1 is 1.00 bits per heavy atom. The Balaban J connectivity index is 1.20. The summed E-state index contributed by atoms with van der Waals surface area (Å²) in [5.41, 5.74) is 1.15. The lowest BCUT2D eigenvalue weighted by Gasteiger charge is -2.32. The van der Waals surface area contributed by atoms with Crippen molar-refractivity contribution in [1.29, 1.82) is 0 Å². The number of hydrogen-bond donors (Lipinski definition) is 1. The molecule has 1 aromatic heterocycles. The van der Waals surface area contributed by atoms with Crippen LogP contribution >= 0.6 is 0 Å². The topological polar surface area (TPSA) is 71.8 Å². The zero-order valence-corrected chi connectivity index (χ0v) is 18.3. The van der Waals surface area contributed by atoms with E-state index in [-0.39, 0.29) is 36.0 Å². The highest BCUT2D eigenvalue weighted by atomic mass is 19.1. The predicted molar refractivity (Wildman–Crippen MR) is 121 cm³/mol. The third kappa shape index (κ3) is 6.44. The minimum absolute atomic E-state index is 0.0421. The fourth-order valence-corrected chi connectivity index (χ4v) is 3.84. The second-order valence-corrected chi connectivity index (χ2v) is 8.13. The number of halogens is 1. The summed E-state index contributed by atoms with van der Waals surface area (Å²) in [6.07, 6.45) is 2.60. The third-order valence-electron chi connectivity index (χ3n) is 5.70. The monoisotopic (exact) mass is 450 g/mol. The minimum Gasteiger partial charge on any atom is -0.486 e. The molecular formula is C26H27FN2O4. The van der Waals surface area contributed by atoms with Gasteiger partial charge in [-0.1, -0.05) is 30.3 Å². The summed E-state index contributed by atoms with van der Waals surface area (Å²) in [5, 5.41) is 3.09. The first-order chi connectivity index (χ1) is 16.1. The maximum absolute atomic E-state index is 13.0. The standard InChI is InChI=1S/C26H27FN2O4/c27-20-7-9-22(10-8-20)32-18-23-11-12-24(33-23)26(31)29-16-14-21(15-17-29)28-25(30)13-6-19-4-2-1-3-5-19/h1-5,7-12,21H,6,13-18H2,(H,28,30). The summed E-state index contributed by atoms with van der Waals surface area (Å²) in [4.78, 5) is 26.8. The Kier molecular flexibility index (Phi) is 7.40. The van der Waals surface area contributed by atoms with E-state index in [4.69, 9.17) is 9.15 Å². The number of carbonyl (C=O) groups excluding carboxylic acids is 2. The summed E-state index contributed by atoms with van der Waals surface area (Å²) in [7, 11) is 0. The van der Waals surface area contributed by atoms with Gasteiger partial charge >= 0.3 is 0 Å². The van der Waals surface area contributed by atoms with Gasteiger partial charge in [0.25, 0.3) is 5.91 Å². The van der Waals surface area contributed by atoms with Crippen LogP contribution in [0.3, 0.4) is 0 Å². The highest BCUT2D eigenvalue weighted by Gasteiger charge is 2.26. The summed E-state index contributed by atoms with van der Waals surface area (Å²) in [6, 6.07) is 19.1. The van der Waals surface area contributed by atoms with Gasteiger partial charge in [0.2, 0.25) is 5.91 Å². The van der Waals surface area contributed by atoms with Crippen molar-refractivity contribution in [1.82, 2.24) is 10.2 Å². The molecule has 6 nitrogen and oxygen atoms in total. The van der Waals surface area contributed by atoms with Crippen LogP contribution in [0.4, 0.5) is 4.39 Å². The van der Waals surface area contributed by atoms with Crippen LogP contribution in [-0.2, 0) is 17.8 Å². The number of carbonyl (C=O) groups is 2. The number of ether oxygens (including phenoxy) is 1. The quantitative estimate of drug-likeness (QED) is 0.554. The second kappa shape index (κ2) is 10.8. The van der Waals surface area contributed by atoms with Gasteiger partial charge in [-0.25, -0.2) is 4.39 Å². The number of benzene rings is 2. The van der Waals surface area contributed by atoms with Gasteiger partial charge in [0.05, 0.1) is 0 Å². The summed E-state index contributed by atoms with van der Waals surface area (Å²) in [5.74, 6) is 0.843. The molecule has 0 unspecified atom stereocenters. The van der Waals surface area contributed by atoms with Gasteiger partial charge in [0, 0.05) is 25.6 Å². The van der Waals surface area contributed by atoms with Crippen LogP contribution in [0.25, 0.3) is 0 Å². The van der Waals surface area contributed by atoms with Crippen molar-refractivity contribution in [2.24, 2.45) is 0 Å². The van der Waals surface area contributed by atoms with Crippen LogP contribution < -0.4 is 10.1 Å². The molecule has 172 valence electrons. The number of aryl methyl sites for hydroxylation is 1. The molecule has 1 aliphatic rings. The lowest BCUT2D eigenvalue weighted by molar-refractivity contribution is -0.122. The van der Waals surface area contributed by atoms with Crippen molar-refractivity contribution < 1.29 is 23.1 Å². The normalized spacial score (nSPS) is 14.2. The average molecular weight is 451 g/mol. The van der Waals surface area contributed by atoms with Crippen molar-refractivity contribution in [3.63, 3.8) is 0 Å². The van der Waals surface area contributed by atoms with E-state index >= 15 is 0 Å². The van der Waals surface area contributed by atoms with E-state index in [2.05, 4.69) is 5.32 Å². The molecule has 33 heavy (non-hydrogen) atoms. The Morgan fingerprint density at radius 3 is 2.45 bits per heavy atom. The van der Waals surface area contributed by atoms with E-state index in [9.17, 15) is 14.0 Å². The first-order valence-electron chi connectivity index (χ1n) is 11.2. The Bertz CT molecular complexity index is 1060. The number of hydrogen-bond acceptors (Lipinski definition) is 4. The number of likely N-dealkylation sites (tertiary alicyclic amines) is 1. The average Bonchev–Trinajstić information content (AvgIpc) is 3.32. The molecule has 0 aliphatic carbocycles. The van der Waals surface area contributed by atoms with Crippen LogP contribution in [0, 0.1) is 5.82 Å². The Hall–Kier alpha value is -3.61. The Morgan fingerprint density at radius 2 is 1.73 bits per heavy atom. The molecule has 7 heteroatoms. The molecule has 0 atom stereocenters. The summed E-state index contributed by atoms with van der Waals surface area (Å²) >= 11 is 0. The lowest BCUT2D eigenvalue weighted by Crippen LogP contribution is -2.46. The minimum atomic E-state index is -0.330. The van der Waals surface area contributed by atoms with Crippen LogP contribution in [0.2, 0.25) is 0 Å². The van der Waals surface area contributed by atoms with E-state index in [0.29, 0.717) is 43.9 Å². The van der Waals surface area contributed by atoms with E-state index in [1.54, 1.807) is 17.0 Å². The van der Waals surface area contributed by atoms with E-state index in [1.807, 2.05) is 30.3 Å². The molecule has 2 aromatic carbocycles. The Labute approximate surface area is 192 Å². The van der Waals surface area contributed by atoms with E-state index in [0.717, 1.165) is 12.0 Å². The van der Waals surface area contributed by atoms with Gasteiger partial charge in [-0.05, 0) is 61.2 Å². The van der Waals surface area contributed by atoms with E-state index < -0.39 is 0 Å². The molecule has 0 radical (unpaired) electrons. The van der Waals surface area contributed by atoms with Crippen molar-refractivity contribution >= 4 is 11.8 Å². The smallest absolute Gasteiger partial charge is 0.289 e. The highest BCUT2D eigenvalue weighted by Crippen LogP contribution is 2.18. The van der Waals surface area contributed by atoms with Crippen molar-refractivity contribution in [2.75, 3.05) is 13.1 Å². The number of nitrogens with one attached hydrogen (secondary N) is 1. The van der Waals surface area contributed by atoms with Crippen LogP contribution in [0.5, 0.6) is 5.75 Å². The fourth-order valence-electron chi connectivity index (χ4n) is 3.84. The summed E-state index contributed by atoms with van der Waals surface area (Å²) < 4.78 is 24.2. The summed E-state index contributed by atoms with van der Waals surface area (Å²) in [6.45, 7) is 1.27.